The number of anilines is 1. The molecule has 2 N–H and O–H groups in total. The van der Waals surface area contributed by atoms with Gasteiger partial charge in [0.2, 0.25) is 10.0 Å². The fourth-order valence-electron chi connectivity index (χ4n) is 3.72. The maximum Gasteiger partial charge on any atom is 0.279 e. The van der Waals surface area contributed by atoms with E-state index in [1.54, 1.807) is 30.3 Å². The lowest BCUT2D eigenvalue weighted by Crippen LogP contribution is -3.15. The molecule has 0 radical (unpaired) electrons. The minimum atomic E-state index is -3.58. The Balaban J connectivity index is 1.38. The highest BCUT2D eigenvalue weighted by Gasteiger charge is 2.31. The SMILES string of the molecule is O=C(C[NH+]1CCN(S(=O)(=O)c2ccc3ccccc3c2)CC1)Nc1c(Cl)cccc1Cl. The molecule has 1 aliphatic rings. The average molecular weight is 479 g/mol. The van der Waals surface area contributed by atoms with Gasteiger partial charge in [-0.2, -0.15) is 4.31 Å². The van der Waals surface area contributed by atoms with Crippen LogP contribution < -0.4 is 10.2 Å². The van der Waals surface area contributed by atoms with Crippen molar-refractivity contribution in [1.29, 1.82) is 0 Å². The van der Waals surface area contributed by atoms with Crippen LogP contribution in [0.2, 0.25) is 10.0 Å². The Labute approximate surface area is 191 Å². The second-order valence-electron chi connectivity index (χ2n) is 7.48. The van der Waals surface area contributed by atoms with Crippen molar-refractivity contribution in [3.8, 4) is 0 Å². The Morgan fingerprint density at radius 1 is 0.935 bits per heavy atom. The van der Waals surface area contributed by atoms with E-state index in [1.807, 2.05) is 30.3 Å². The lowest BCUT2D eigenvalue weighted by Gasteiger charge is -2.31. The van der Waals surface area contributed by atoms with E-state index in [4.69, 9.17) is 23.2 Å². The fraction of sp³-hybridized carbons (Fsp3) is 0.227. The summed E-state index contributed by atoms with van der Waals surface area (Å²) in [5, 5.41) is 5.40. The number of benzene rings is 3. The van der Waals surface area contributed by atoms with Crippen LogP contribution >= 0.6 is 23.2 Å². The molecular weight excluding hydrogens is 457 g/mol. The van der Waals surface area contributed by atoms with Gasteiger partial charge >= 0.3 is 0 Å². The lowest BCUT2D eigenvalue weighted by atomic mass is 10.1. The molecule has 1 fully saturated rings. The highest BCUT2D eigenvalue weighted by Crippen LogP contribution is 2.29. The number of fused-ring (bicyclic) bond motifs is 1. The molecule has 9 heteroatoms. The van der Waals surface area contributed by atoms with Gasteiger partial charge in [-0.1, -0.05) is 59.6 Å². The summed E-state index contributed by atoms with van der Waals surface area (Å²) in [5.41, 5.74) is 0.396. The summed E-state index contributed by atoms with van der Waals surface area (Å²) in [5.74, 6) is -0.212. The van der Waals surface area contributed by atoms with E-state index in [-0.39, 0.29) is 12.5 Å². The van der Waals surface area contributed by atoms with Crippen molar-refractivity contribution in [2.75, 3.05) is 38.0 Å². The number of hydrogen-bond donors (Lipinski definition) is 2. The summed E-state index contributed by atoms with van der Waals surface area (Å²) in [4.78, 5) is 13.7. The van der Waals surface area contributed by atoms with E-state index in [9.17, 15) is 13.2 Å². The maximum atomic E-state index is 13.1. The van der Waals surface area contributed by atoms with Gasteiger partial charge in [-0.05, 0) is 35.0 Å². The molecule has 1 aliphatic heterocycles. The molecule has 0 atom stereocenters. The molecule has 162 valence electrons. The van der Waals surface area contributed by atoms with E-state index in [2.05, 4.69) is 5.32 Å². The van der Waals surface area contributed by atoms with Crippen molar-refractivity contribution in [3.63, 3.8) is 0 Å². The van der Waals surface area contributed by atoms with E-state index < -0.39 is 10.0 Å². The summed E-state index contributed by atoms with van der Waals surface area (Å²) in [6.07, 6.45) is 0. The van der Waals surface area contributed by atoms with Crippen LogP contribution in [0.15, 0.2) is 65.6 Å². The van der Waals surface area contributed by atoms with Gasteiger partial charge in [0.15, 0.2) is 6.54 Å². The van der Waals surface area contributed by atoms with Crippen molar-refractivity contribution in [3.05, 3.63) is 70.7 Å². The summed E-state index contributed by atoms with van der Waals surface area (Å²) >= 11 is 12.2. The van der Waals surface area contributed by atoms with Crippen molar-refractivity contribution in [2.45, 2.75) is 4.90 Å². The van der Waals surface area contributed by atoms with Crippen LogP contribution in [-0.4, -0.2) is 51.4 Å². The number of carbonyl (C=O) groups excluding carboxylic acids is 1. The van der Waals surface area contributed by atoms with Gasteiger partial charge in [0.05, 0.1) is 46.8 Å². The summed E-state index contributed by atoms with van der Waals surface area (Å²) < 4.78 is 27.7. The van der Waals surface area contributed by atoms with Crippen LogP contribution in [-0.2, 0) is 14.8 Å². The molecule has 3 aromatic rings. The molecule has 31 heavy (non-hydrogen) atoms. The zero-order valence-corrected chi connectivity index (χ0v) is 19.0. The molecular formula is C22H22Cl2N3O3S+. The van der Waals surface area contributed by atoms with Gasteiger partial charge in [-0.25, -0.2) is 8.42 Å². The second-order valence-corrected chi connectivity index (χ2v) is 10.2. The number of para-hydroxylation sites is 1. The summed E-state index contributed by atoms with van der Waals surface area (Å²) in [7, 11) is -3.58. The molecule has 1 heterocycles. The predicted molar refractivity (Wildman–Crippen MR) is 123 cm³/mol. The first kappa shape index (κ1) is 22.0. The lowest BCUT2D eigenvalue weighted by molar-refractivity contribution is -0.895. The number of amides is 1. The maximum absolute atomic E-state index is 13.1. The number of sulfonamides is 1. The third-order valence-electron chi connectivity index (χ3n) is 5.43. The van der Waals surface area contributed by atoms with Crippen LogP contribution in [0.25, 0.3) is 10.8 Å². The topological polar surface area (TPSA) is 70.9 Å². The van der Waals surface area contributed by atoms with Gasteiger partial charge in [0.25, 0.3) is 5.91 Å². The first-order valence-corrected chi connectivity index (χ1v) is 12.1. The summed E-state index contributed by atoms with van der Waals surface area (Å²) in [6.45, 7) is 1.99. The zero-order chi connectivity index (χ0) is 22.0. The number of nitrogens with one attached hydrogen (secondary N) is 2. The summed E-state index contributed by atoms with van der Waals surface area (Å²) in [6, 6.07) is 17.9. The molecule has 0 unspecified atom stereocenters. The minimum Gasteiger partial charge on any atom is -0.325 e. The third-order valence-corrected chi connectivity index (χ3v) is 7.95. The molecule has 0 bridgehead atoms. The van der Waals surface area contributed by atoms with Crippen LogP contribution in [0.4, 0.5) is 5.69 Å². The van der Waals surface area contributed by atoms with Crippen LogP contribution in [0.5, 0.6) is 0 Å². The molecule has 0 aromatic heterocycles. The number of hydrogen-bond acceptors (Lipinski definition) is 3. The van der Waals surface area contributed by atoms with E-state index >= 15 is 0 Å². The Bertz CT molecular complexity index is 1210. The van der Waals surface area contributed by atoms with Crippen molar-refractivity contribution >= 4 is 55.6 Å². The number of piperazine rings is 1. The smallest absolute Gasteiger partial charge is 0.279 e. The highest BCUT2D eigenvalue weighted by molar-refractivity contribution is 7.89. The number of halogens is 2. The van der Waals surface area contributed by atoms with Crippen molar-refractivity contribution in [1.82, 2.24) is 4.31 Å². The molecule has 1 saturated heterocycles. The average Bonchev–Trinajstić information content (AvgIpc) is 2.76. The Kier molecular flexibility index (Phi) is 6.50. The predicted octanol–water partition coefficient (Wildman–Crippen LogP) is 2.67. The first-order valence-electron chi connectivity index (χ1n) is 9.91. The standard InChI is InChI=1S/C22H21Cl2N3O3S/c23-19-6-3-7-20(24)22(19)25-21(28)15-26-10-12-27(13-11-26)31(29,30)18-9-8-16-4-1-2-5-17(16)14-18/h1-9,14H,10-13,15H2,(H,25,28)/p+1. The highest BCUT2D eigenvalue weighted by atomic mass is 35.5. The Hall–Kier alpha value is -2.16. The molecule has 4 rings (SSSR count). The van der Waals surface area contributed by atoms with Crippen LogP contribution in [0.3, 0.4) is 0 Å². The largest absolute Gasteiger partial charge is 0.325 e. The van der Waals surface area contributed by atoms with Gasteiger partial charge in [-0.15, -0.1) is 0 Å². The Morgan fingerprint density at radius 3 is 2.26 bits per heavy atom. The molecule has 1 amide bonds. The van der Waals surface area contributed by atoms with Crippen molar-refractivity contribution < 1.29 is 18.1 Å². The van der Waals surface area contributed by atoms with Crippen LogP contribution in [0.1, 0.15) is 0 Å². The monoisotopic (exact) mass is 478 g/mol. The Morgan fingerprint density at radius 2 is 1.58 bits per heavy atom. The van der Waals surface area contributed by atoms with Crippen LogP contribution in [0, 0.1) is 0 Å². The first-order chi connectivity index (χ1) is 14.8. The molecule has 3 aromatic carbocycles. The molecule has 0 spiro atoms. The fourth-order valence-corrected chi connectivity index (χ4v) is 5.69. The van der Waals surface area contributed by atoms with Crippen molar-refractivity contribution in [2.24, 2.45) is 0 Å². The molecule has 0 aliphatic carbocycles. The van der Waals surface area contributed by atoms with E-state index in [1.165, 1.54) is 4.31 Å². The minimum absolute atomic E-state index is 0.212. The molecule has 0 saturated carbocycles. The third kappa shape index (κ3) is 4.86. The van der Waals surface area contributed by atoms with Gasteiger partial charge < -0.3 is 10.2 Å². The van der Waals surface area contributed by atoms with Gasteiger partial charge in [0, 0.05) is 0 Å². The number of carbonyl (C=O) groups is 1. The van der Waals surface area contributed by atoms with E-state index in [0.29, 0.717) is 46.8 Å². The van der Waals surface area contributed by atoms with E-state index in [0.717, 1.165) is 15.7 Å². The quantitative estimate of drug-likeness (QED) is 0.592. The normalized spacial score (nSPS) is 15.8. The van der Waals surface area contributed by atoms with Gasteiger partial charge in [0.1, 0.15) is 0 Å². The number of nitrogens with zero attached hydrogens (tertiary/aromatic N) is 1. The second kappa shape index (κ2) is 9.14. The number of quaternary nitrogens is 1. The number of rotatable bonds is 5. The zero-order valence-electron chi connectivity index (χ0n) is 16.6. The molecule has 6 nitrogen and oxygen atoms in total. The van der Waals surface area contributed by atoms with Gasteiger partial charge in [-0.3, -0.25) is 4.79 Å².